The van der Waals surface area contributed by atoms with Crippen LogP contribution in [0, 0.1) is 0 Å². The van der Waals surface area contributed by atoms with Gasteiger partial charge < -0.3 is 5.11 Å². The van der Waals surface area contributed by atoms with Gasteiger partial charge in [0.05, 0.1) is 17.3 Å². The quantitative estimate of drug-likeness (QED) is 0.845. The van der Waals surface area contributed by atoms with Crippen molar-refractivity contribution >= 4 is 11.6 Å². The van der Waals surface area contributed by atoms with E-state index in [2.05, 4.69) is 9.97 Å². The molecule has 2 rings (SSSR count). The summed E-state index contributed by atoms with van der Waals surface area (Å²) in [6, 6.07) is 5.33. The monoisotopic (exact) mass is 220 g/mol. The van der Waals surface area contributed by atoms with Crippen LogP contribution in [0.5, 0.6) is 0 Å². The van der Waals surface area contributed by atoms with Crippen molar-refractivity contribution in [2.24, 2.45) is 0 Å². The second kappa shape index (κ2) is 4.38. The van der Waals surface area contributed by atoms with Crippen LogP contribution in [0.2, 0.25) is 5.02 Å². The largest absolute Gasteiger partial charge is 0.392 e. The Morgan fingerprint density at radius 3 is 2.87 bits per heavy atom. The number of aliphatic hydroxyl groups excluding tert-OH is 1. The third-order valence-electron chi connectivity index (χ3n) is 2.09. The van der Waals surface area contributed by atoms with Gasteiger partial charge in [-0.2, -0.15) is 0 Å². The van der Waals surface area contributed by atoms with Crippen LogP contribution in [0.4, 0.5) is 0 Å². The van der Waals surface area contributed by atoms with Crippen molar-refractivity contribution in [2.45, 2.75) is 6.61 Å². The van der Waals surface area contributed by atoms with Gasteiger partial charge in [0.2, 0.25) is 0 Å². The molecule has 0 amide bonds. The molecule has 2 aromatic rings. The summed E-state index contributed by atoms with van der Waals surface area (Å²) in [5, 5.41) is 9.73. The maximum Gasteiger partial charge on any atom is 0.0892 e. The van der Waals surface area contributed by atoms with Gasteiger partial charge in [-0.1, -0.05) is 11.6 Å². The average molecular weight is 221 g/mol. The summed E-state index contributed by atoms with van der Waals surface area (Å²) in [5.41, 5.74) is 2.21. The topological polar surface area (TPSA) is 46.0 Å². The highest BCUT2D eigenvalue weighted by Crippen LogP contribution is 2.27. The van der Waals surface area contributed by atoms with Gasteiger partial charge in [0.15, 0.2) is 0 Å². The second-order valence-corrected chi connectivity index (χ2v) is 3.43. The van der Waals surface area contributed by atoms with E-state index in [1.165, 1.54) is 0 Å². The molecule has 2 heterocycles. The number of aliphatic hydroxyl groups is 1. The fourth-order valence-corrected chi connectivity index (χ4v) is 1.59. The predicted molar refractivity (Wildman–Crippen MR) is 58.4 cm³/mol. The van der Waals surface area contributed by atoms with Crippen LogP contribution in [0.3, 0.4) is 0 Å². The van der Waals surface area contributed by atoms with Gasteiger partial charge in [-0.05, 0) is 18.2 Å². The summed E-state index contributed by atoms with van der Waals surface area (Å²) in [6.45, 7) is -0.0733. The molecule has 3 nitrogen and oxygen atoms in total. The number of halogens is 1. The highest BCUT2D eigenvalue weighted by Gasteiger charge is 2.08. The molecule has 0 atom stereocenters. The molecule has 0 aliphatic rings. The molecule has 0 spiro atoms. The number of aromatic nitrogens is 2. The molecule has 15 heavy (non-hydrogen) atoms. The van der Waals surface area contributed by atoms with E-state index in [1.54, 1.807) is 36.8 Å². The Kier molecular flexibility index (Phi) is 2.94. The minimum atomic E-state index is -0.0733. The van der Waals surface area contributed by atoms with Crippen molar-refractivity contribution in [3.05, 3.63) is 47.4 Å². The predicted octanol–water partition coefficient (Wildman–Crippen LogP) is 2.29. The van der Waals surface area contributed by atoms with Crippen molar-refractivity contribution in [3.63, 3.8) is 0 Å². The fraction of sp³-hybridized carbons (Fsp3) is 0.0909. The van der Waals surface area contributed by atoms with Gasteiger partial charge in [0.25, 0.3) is 0 Å². The molecule has 0 saturated carbocycles. The van der Waals surface area contributed by atoms with E-state index in [4.69, 9.17) is 16.7 Å². The summed E-state index contributed by atoms with van der Waals surface area (Å²) < 4.78 is 0. The van der Waals surface area contributed by atoms with Crippen molar-refractivity contribution in [1.29, 1.82) is 0 Å². The smallest absolute Gasteiger partial charge is 0.0892 e. The van der Waals surface area contributed by atoms with Crippen molar-refractivity contribution < 1.29 is 5.11 Å². The van der Waals surface area contributed by atoms with Gasteiger partial charge in [-0.25, -0.2) is 0 Å². The van der Waals surface area contributed by atoms with Gasteiger partial charge in [0.1, 0.15) is 0 Å². The normalized spacial score (nSPS) is 10.3. The average Bonchev–Trinajstić information content (AvgIpc) is 2.30. The Labute approximate surface area is 92.4 Å². The third kappa shape index (κ3) is 1.98. The molecular formula is C11H9ClN2O. The minimum Gasteiger partial charge on any atom is -0.392 e. The minimum absolute atomic E-state index is 0.0733. The van der Waals surface area contributed by atoms with Crippen LogP contribution in [0.25, 0.3) is 11.3 Å². The number of pyridine rings is 2. The van der Waals surface area contributed by atoms with E-state index in [-0.39, 0.29) is 6.61 Å². The van der Waals surface area contributed by atoms with Crippen molar-refractivity contribution in [3.8, 4) is 11.3 Å². The lowest BCUT2D eigenvalue weighted by Crippen LogP contribution is -1.93. The summed E-state index contributed by atoms with van der Waals surface area (Å²) in [7, 11) is 0. The van der Waals surface area contributed by atoms with Gasteiger partial charge in [0, 0.05) is 29.7 Å². The summed E-state index contributed by atoms with van der Waals surface area (Å²) in [4.78, 5) is 8.13. The van der Waals surface area contributed by atoms with Crippen LogP contribution < -0.4 is 0 Å². The first-order valence-corrected chi connectivity index (χ1v) is 4.85. The van der Waals surface area contributed by atoms with Crippen LogP contribution >= 0.6 is 11.6 Å². The lowest BCUT2D eigenvalue weighted by atomic mass is 10.1. The molecular weight excluding hydrogens is 212 g/mol. The summed E-state index contributed by atoms with van der Waals surface area (Å²) >= 11 is 6.02. The van der Waals surface area contributed by atoms with E-state index < -0.39 is 0 Å². The Balaban J connectivity index is 2.59. The third-order valence-corrected chi connectivity index (χ3v) is 2.39. The molecule has 0 unspecified atom stereocenters. The zero-order chi connectivity index (χ0) is 10.7. The maximum absolute atomic E-state index is 9.16. The Hall–Kier alpha value is -1.45. The zero-order valence-electron chi connectivity index (χ0n) is 7.89. The zero-order valence-corrected chi connectivity index (χ0v) is 8.65. The summed E-state index contributed by atoms with van der Waals surface area (Å²) in [6.07, 6.45) is 4.93. The highest BCUT2D eigenvalue weighted by molar-refractivity contribution is 6.33. The van der Waals surface area contributed by atoms with Gasteiger partial charge in [-0.15, -0.1) is 0 Å². The van der Waals surface area contributed by atoms with Crippen LogP contribution in [-0.4, -0.2) is 15.1 Å². The molecule has 0 aromatic carbocycles. The molecule has 0 fully saturated rings. The molecule has 4 heteroatoms. The number of hydrogen-bond donors (Lipinski definition) is 1. The van der Waals surface area contributed by atoms with E-state index in [0.29, 0.717) is 10.7 Å². The first kappa shape index (κ1) is 10.1. The lowest BCUT2D eigenvalue weighted by Gasteiger charge is -2.06. The molecule has 0 saturated heterocycles. The Morgan fingerprint density at radius 2 is 2.13 bits per heavy atom. The maximum atomic E-state index is 9.16. The highest BCUT2D eigenvalue weighted by atomic mass is 35.5. The van der Waals surface area contributed by atoms with Crippen molar-refractivity contribution in [1.82, 2.24) is 9.97 Å². The molecule has 0 bridgehead atoms. The number of nitrogens with zero attached hydrogens (tertiary/aromatic N) is 2. The molecule has 0 aliphatic carbocycles. The van der Waals surface area contributed by atoms with Crippen LogP contribution in [0.15, 0.2) is 36.8 Å². The van der Waals surface area contributed by atoms with Crippen molar-refractivity contribution in [2.75, 3.05) is 0 Å². The van der Waals surface area contributed by atoms with Crippen LogP contribution in [0.1, 0.15) is 5.56 Å². The first-order valence-electron chi connectivity index (χ1n) is 4.47. The SMILES string of the molecule is OCc1cnccc1-c1ncccc1Cl. The number of hydrogen-bond acceptors (Lipinski definition) is 3. The molecule has 0 aliphatic heterocycles. The van der Waals surface area contributed by atoms with Gasteiger partial charge in [-0.3, -0.25) is 9.97 Å². The summed E-state index contributed by atoms with van der Waals surface area (Å²) in [5.74, 6) is 0. The molecule has 2 aromatic heterocycles. The van der Waals surface area contributed by atoms with Gasteiger partial charge >= 0.3 is 0 Å². The molecule has 1 N–H and O–H groups in total. The molecule has 0 radical (unpaired) electrons. The molecule has 76 valence electrons. The first-order chi connectivity index (χ1) is 7.33. The number of rotatable bonds is 2. The van der Waals surface area contributed by atoms with E-state index in [1.807, 2.05) is 0 Å². The van der Waals surface area contributed by atoms with E-state index >= 15 is 0 Å². The fourth-order valence-electron chi connectivity index (χ4n) is 1.37. The van der Waals surface area contributed by atoms with E-state index in [9.17, 15) is 0 Å². The lowest BCUT2D eigenvalue weighted by molar-refractivity contribution is 0.282. The Bertz CT molecular complexity index is 474. The standard InChI is InChI=1S/C11H9ClN2O/c12-10-2-1-4-14-11(10)9-3-5-13-6-8(9)7-15/h1-6,15H,7H2. The van der Waals surface area contributed by atoms with Crippen LogP contribution in [-0.2, 0) is 6.61 Å². The Morgan fingerprint density at radius 1 is 1.27 bits per heavy atom. The van der Waals surface area contributed by atoms with E-state index in [0.717, 1.165) is 11.1 Å². The second-order valence-electron chi connectivity index (χ2n) is 3.02.